The van der Waals surface area contributed by atoms with Gasteiger partial charge in [-0.2, -0.15) is 8.99 Å². The number of aryl methyl sites for hydroxylation is 2. The third-order valence-corrected chi connectivity index (χ3v) is 8.59. The Balaban J connectivity index is 1.17. The first-order valence-corrected chi connectivity index (χ1v) is 13.2. The van der Waals surface area contributed by atoms with Crippen LogP contribution in [0.15, 0.2) is 41.6 Å². The molecule has 1 aromatic carbocycles. The summed E-state index contributed by atoms with van der Waals surface area (Å²) in [5, 5.41) is 12.2. The van der Waals surface area contributed by atoms with Crippen LogP contribution in [0.3, 0.4) is 0 Å². The SMILES string of the molecule is Cc1nc(S(=O)(=O)N2CCC(C(=O)N3CCN(c4nnnn4-c4ccccc4)CC3)CC2)cn1C. The van der Waals surface area contributed by atoms with E-state index in [0.717, 1.165) is 5.69 Å². The first kappa shape index (κ1) is 23.4. The van der Waals surface area contributed by atoms with E-state index in [0.29, 0.717) is 63.9 Å². The number of sulfonamides is 1. The summed E-state index contributed by atoms with van der Waals surface area (Å²) >= 11 is 0. The highest BCUT2D eigenvalue weighted by Gasteiger charge is 2.36. The predicted molar refractivity (Wildman–Crippen MR) is 127 cm³/mol. The van der Waals surface area contributed by atoms with Gasteiger partial charge in [0.25, 0.3) is 10.0 Å². The molecule has 13 heteroatoms. The fourth-order valence-electron chi connectivity index (χ4n) is 4.63. The van der Waals surface area contributed by atoms with Crippen LogP contribution in [-0.2, 0) is 21.9 Å². The quantitative estimate of drug-likeness (QED) is 0.496. The summed E-state index contributed by atoms with van der Waals surface area (Å²) in [5.74, 6) is 1.23. The number of hydrogen-bond donors (Lipinski definition) is 0. The van der Waals surface area contributed by atoms with Crippen LogP contribution in [0.25, 0.3) is 5.69 Å². The standard InChI is InChI=1S/C22H29N9O3S/c1-17-23-20(16-27(17)2)35(33,34)30-10-8-18(9-11-30)21(32)28-12-14-29(15-13-28)22-24-25-26-31(22)19-6-4-3-5-7-19/h3-7,16,18H,8-15H2,1-2H3. The third kappa shape index (κ3) is 4.52. The van der Waals surface area contributed by atoms with Gasteiger partial charge < -0.3 is 14.4 Å². The fourth-order valence-corrected chi connectivity index (χ4v) is 6.12. The Morgan fingerprint density at radius 1 is 1.00 bits per heavy atom. The second-order valence-electron chi connectivity index (χ2n) is 8.95. The summed E-state index contributed by atoms with van der Waals surface area (Å²) in [7, 11) is -1.88. The van der Waals surface area contributed by atoms with Gasteiger partial charge in [-0.25, -0.2) is 13.4 Å². The molecule has 35 heavy (non-hydrogen) atoms. The maximum absolute atomic E-state index is 13.2. The van der Waals surface area contributed by atoms with Crippen LogP contribution >= 0.6 is 0 Å². The lowest BCUT2D eigenvalue weighted by Crippen LogP contribution is -2.52. The Kier molecular flexibility index (Phi) is 6.28. The number of aromatic nitrogens is 6. The van der Waals surface area contributed by atoms with Crippen molar-refractivity contribution in [1.82, 2.24) is 39.0 Å². The number of piperidine rings is 1. The maximum Gasteiger partial charge on any atom is 0.262 e. The normalized spacial score (nSPS) is 18.2. The number of imidazole rings is 1. The molecule has 2 aliphatic heterocycles. The van der Waals surface area contributed by atoms with E-state index in [1.54, 1.807) is 23.2 Å². The zero-order valence-corrected chi connectivity index (χ0v) is 20.7. The van der Waals surface area contributed by atoms with E-state index in [1.165, 1.54) is 10.5 Å². The number of piperazine rings is 1. The molecule has 0 spiro atoms. The van der Waals surface area contributed by atoms with Crippen LogP contribution in [0, 0.1) is 12.8 Å². The molecule has 0 atom stereocenters. The number of benzene rings is 1. The van der Waals surface area contributed by atoms with Crippen LogP contribution in [0.5, 0.6) is 0 Å². The van der Waals surface area contributed by atoms with E-state index in [2.05, 4.69) is 25.4 Å². The number of carbonyl (C=O) groups excluding carboxylic acids is 1. The Morgan fingerprint density at radius 3 is 2.31 bits per heavy atom. The third-order valence-electron chi connectivity index (χ3n) is 6.82. The van der Waals surface area contributed by atoms with Gasteiger partial charge in [0.1, 0.15) is 5.82 Å². The number of hydrogen-bond acceptors (Lipinski definition) is 8. The molecule has 0 unspecified atom stereocenters. The number of para-hydroxylation sites is 1. The Labute approximate surface area is 204 Å². The lowest BCUT2D eigenvalue weighted by atomic mass is 9.96. The van der Waals surface area contributed by atoms with E-state index in [-0.39, 0.29) is 16.9 Å². The number of carbonyl (C=O) groups is 1. The lowest BCUT2D eigenvalue weighted by Gasteiger charge is -2.38. The smallest absolute Gasteiger partial charge is 0.262 e. The molecule has 0 N–H and O–H groups in total. The Hall–Kier alpha value is -3.32. The molecule has 2 fully saturated rings. The Bertz CT molecular complexity index is 1270. The second kappa shape index (κ2) is 9.38. The average Bonchev–Trinajstić information content (AvgIpc) is 3.51. The molecular weight excluding hydrogens is 470 g/mol. The summed E-state index contributed by atoms with van der Waals surface area (Å²) < 4.78 is 30.7. The molecule has 3 aromatic rings. The molecule has 12 nitrogen and oxygen atoms in total. The highest BCUT2D eigenvalue weighted by Crippen LogP contribution is 2.26. The van der Waals surface area contributed by atoms with Gasteiger partial charge >= 0.3 is 0 Å². The van der Waals surface area contributed by atoms with E-state index in [4.69, 9.17) is 0 Å². The Morgan fingerprint density at radius 2 is 1.69 bits per heavy atom. The van der Waals surface area contributed by atoms with Gasteiger partial charge in [-0.3, -0.25) is 4.79 Å². The van der Waals surface area contributed by atoms with Crippen molar-refractivity contribution in [3.63, 3.8) is 0 Å². The van der Waals surface area contributed by atoms with Crippen LogP contribution < -0.4 is 4.90 Å². The van der Waals surface area contributed by atoms with Crippen LogP contribution in [0.2, 0.25) is 0 Å². The molecule has 0 bridgehead atoms. The summed E-state index contributed by atoms with van der Waals surface area (Å²) in [6.07, 6.45) is 2.56. The van der Waals surface area contributed by atoms with Crippen LogP contribution in [0.4, 0.5) is 5.95 Å². The minimum Gasteiger partial charge on any atom is -0.339 e. The van der Waals surface area contributed by atoms with Crippen LogP contribution in [-0.4, -0.2) is 92.6 Å². The van der Waals surface area contributed by atoms with E-state index >= 15 is 0 Å². The minimum atomic E-state index is -3.65. The number of anilines is 1. The zero-order chi connectivity index (χ0) is 24.6. The second-order valence-corrected chi connectivity index (χ2v) is 10.8. The first-order valence-electron chi connectivity index (χ1n) is 11.7. The van der Waals surface area contributed by atoms with Gasteiger partial charge in [0.2, 0.25) is 11.9 Å². The maximum atomic E-state index is 13.2. The fraction of sp³-hybridized carbons (Fsp3) is 0.500. The number of rotatable bonds is 5. The van der Waals surface area contributed by atoms with Gasteiger partial charge in [-0.05, 0) is 42.3 Å². The first-order chi connectivity index (χ1) is 16.8. The van der Waals surface area contributed by atoms with Crippen molar-refractivity contribution >= 4 is 21.9 Å². The molecule has 186 valence electrons. The molecular formula is C22H29N9O3S. The highest BCUT2D eigenvalue weighted by molar-refractivity contribution is 7.89. The molecule has 2 aromatic heterocycles. The van der Waals surface area contributed by atoms with E-state index in [9.17, 15) is 13.2 Å². The summed E-state index contributed by atoms with van der Waals surface area (Å²) in [6.45, 7) is 4.82. The van der Waals surface area contributed by atoms with Crippen molar-refractivity contribution in [2.75, 3.05) is 44.2 Å². The van der Waals surface area contributed by atoms with Gasteiger partial charge in [0.15, 0.2) is 5.03 Å². The van der Waals surface area contributed by atoms with Gasteiger partial charge in [-0.15, -0.1) is 0 Å². The molecule has 0 aliphatic carbocycles. The van der Waals surface area contributed by atoms with E-state index in [1.807, 2.05) is 35.2 Å². The molecule has 2 saturated heterocycles. The highest BCUT2D eigenvalue weighted by atomic mass is 32.2. The summed E-state index contributed by atoms with van der Waals surface area (Å²) in [5.41, 5.74) is 0.883. The molecule has 0 radical (unpaired) electrons. The molecule has 5 rings (SSSR count). The predicted octanol–water partition coefficient (Wildman–Crippen LogP) is 0.454. The monoisotopic (exact) mass is 499 g/mol. The lowest BCUT2D eigenvalue weighted by molar-refractivity contribution is -0.137. The topological polar surface area (TPSA) is 122 Å². The van der Waals surface area contributed by atoms with Crippen LogP contribution in [0.1, 0.15) is 18.7 Å². The molecule has 4 heterocycles. The van der Waals surface area contributed by atoms with Gasteiger partial charge in [0, 0.05) is 58.4 Å². The van der Waals surface area contributed by atoms with Gasteiger partial charge in [-0.1, -0.05) is 23.3 Å². The number of tetrazole rings is 1. The van der Waals surface area contributed by atoms with Crippen molar-refractivity contribution in [2.45, 2.75) is 24.8 Å². The van der Waals surface area contributed by atoms with Crippen molar-refractivity contribution in [3.05, 3.63) is 42.4 Å². The summed E-state index contributed by atoms with van der Waals surface area (Å²) in [6, 6.07) is 9.70. The van der Waals surface area contributed by atoms with Crippen molar-refractivity contribution in [3.8, 4) is 5.69 Å². The minimum absolute atomic E-state index is 0.0660. The number of amides is 1. The van der Waals surface area contributed by atoms with Gasteiger partial charge in [0.05, 0.1) is 5.69 Å². The number of nitrogens with zero attached hydrogens (tertiary/aromatic N) is 9. The van der Waals surface area contributed by atoms with Crippen molar-refractivity contribution in [1.29, 1.82) is 0 Å². The average molecular weight is 500 g/mol. The molecule has 1 amide bonds. The molecule has 0 saturated carbocycles. The zero-order valence-electron chi connectivity index (χ0n) is 19.9. The largest absolute Gasteiger partial charge is 0.339 e. The van der Waals surface area contributed by atoms with Crippen molar-refractivity contribution in [2.24, 2.45) is 13.0 Å². The summed E-state index contributed by atoms with van der Waals surface area (Å²) in [4.78, 5) is 21.3. The molecule has 2 aliphatic rings. The van der Waals surface area contributed by atoms with Crippen molar-refractivity contribution < 1.29 is 13.2 Å². The van der Waals surface area contributed by atoms with E-state index < -0.39 is 10.0 Å².